The molecule has 1 aliphatic heterocycles. The highest BCUT2D eigenvalue weighted by molar-refractivity contribution is 6.46. The highest BCUT2D eigenvalue weighted by atomic mass is 35.5. The predicted molar refractivity (Wildman–Crippen MR) is 114 cm³/mol. The van der Waals surface area contributed by atoms with Crippen molar-refractivity contribution in [2.75, 3.05) is 0 Å². The molecule has 1 saturated carbocycles. The molecule has 2 aromatic carbocycles. The Morgan fingerprint density at radius 2 is 1.72 bits per heavy atom. The summed E-state index contributed by atoms with van der Waals surface area (Å²) < 4.78 is 0. The van der Waals surface area contributed by atoms with Crippen molar-refractivity contribution in [3.63, 3.8) is 0 Å². The smallest absolute Gasteiger partial charge is 0.295 e. The molecular weight excluding hydrogens is 386 g/mol. The third-order valence-corrected chi connectivity index (χ3v) is 6.18. The summed E-state index contributed by atoms with van der Waals surface area (Å²) in [5.74, 6) is -1.28. The number of carbonyl (C=O) groups excluding carboxylic acids is 2. The number of Topliss-reactive ketones (excluding diaryl/α,β-unsaturated/α-hetero) is 1. The largest absolute Gasteiger partial charge is 0.507 e. The molecule has 29 heavy (non-hydrogen) atoms. The van der Waals surface area contributed by atoms with E-state index < -0.39 is 17.7 Å². The monoisotopic (exact) mass is 409 g/mol. The molecule has 1 aliphatic carbocycles. The van der Waals surface area contributed by atoms with Crippen LogP contribution in [0.5, 0.6) is 0 Å². The van der Waals surface area contributed by atoms with Gasteiger partial charge in [-0.1, -0.05) is 60.7 Å². The zero-order valence-electron chi connectivity index (χ0n) is 16.4. The Bertz CT molecular complexity index is 974. The number of benzene rings is 2. The Morgan fingerprint density at radius 3 is 2.38 bits per heavy atom. The van der Waals surface area contributed by atoms with Gasteiger partial charge in [0.25, 0.3) is 11.7 Å². The highest BCUT2D eigenvalue weighted by Crippen LogP contribution is 2.43. The summed E-state index contributed by atoms with van der Waals surface area (Å²) in [4.78, 5) is 27.9. The van der Waals surface area contributed by atoms with Gasteiger partial charge in [-0.3, -0.25) is 9.59 Å². The zero-order valence-corrected chi connectivity index (χ0v) is 17.2. The number of amides is 1. The van der Waals surface area contributed by atoms with Gasteiger partial charge in [-0.15, -0.1) is 0 Å². The maximum Gasteiger partial charge on any atom is 0.295 e. The van der Waals surface area contributed by atoms with Crippen LogP contribution in [0.15, 0.2) is 54.1 Å². The third kappa shape index (κ3) is 3.69. The van der Waals surface area contributed by atoms with Crippen LogP contribution >= 0.6 is 11.6 Å². The standard InChI is InChI=1S/C24H24ClNO3/c1-15-6-5-7-17(14-15)21-20(22(27)16-10-12-18(25)13-11-16)23(28)24(29)26(21)19-8-3-2-4-9-19/h5-7,10-14,19,21,27H,2-4,8-9H2,1H3/b22-20-. The van der Waals surface area contributed by atoms with Gasteiger partial charge in [0.05, 0.1) is 11.6 Å². The van der Waals surface area contributed by atoms with Crippen molar-refractivity contribution in [2.45, 2.75) is 51.1 Å². The molecule has 2 fully saturated rings. The molecule has 2 aliphatic rings. The van der Waals surface area contributed by atoms with Crippen LogP contribution in [0.1, 0.15) is 54.8 Å². The second-order valence-corrected chi connectivity index (χ2v) is 8.36. The van der Waals surface area contributed by atoms with Crippen LogP contribution in [0.25, 0.3) is 5.76 Å². The number of aliphatic hydroxyl groups is 1. The van der Waals surface area contributed by atoms with E-state index in [1.165, 1.54) is 0 Å². The lowest BCUT2D eigenvalue weighted by molar-refractivity contribution is -0.141. The van der Waals surface area contributed by atoms with Crippen LogP contribution in [-0.4, -0.2) is 27.7 Å². The lowest BCUT2D eigenvalue weighted by Crippen LogP contribution is -2.40. The van der Waals surface area contributed by atoms with Crippen molar-refractivity contribution >= 4 is 29.1 Å². The van der Waals surface area contributed by atoms with Gasteiger partial charge >= 0.3 is 0 Å². The van der Waals surface area contributed by atoms with E-state index in [0.29, 0.717) is 10.6 Å². The van der Waals surface area contributed by atoms with Crippen LogP contribution in [0.4, 0.5) is 0 Å². The molecular formula is C24H24ClNO3. The molecule has 0 spiro atoms. The number of carbonyl (C=O) groups is 2. The lowest BCUT2D eigenvalue weighted by Gasteiger charge is -2.35. The van der Waals surface area contributed by atoms with Gasteiger partial charge < -0.3 is 10.0 Å². The van der Waals surface area contributed by atoms with Gasteiger partial charge in [-0.25, -0.2) is 0 Å². The summed E-state index contributed by atoms with van der Waals surface area (Å²) in [5, 5.41) is 11.6. The van der Waals surface area contributed by atoms with Crippen LogP contribution in [-0.2, 0) is 9.59 Å². The fraction of sp³-hybridized carbons (Fsp3) is 0.333. The molecule has 2 aromatic rings. The van der Waals surface area contributed by atoms with Crippen molar-refractivity contribution in [2.24, 2.45) is 0 Å². The van der Waals surface area contributed by atoms with Gasteiger partial charge in [0.15, 0.2) is 0 Å². The van der Waals surface area contributed by atoms with Gasteiger partial charge in [-0.05, 0) is 49.6 Å². The number of aliphatic hydroxyl groups excluding tert-OH is 1. The minimum absolute atomic E-state index is 0.0150. The minimum Gasteiger partial charge on any atom is -0.507 e. The average Bonchev–Trinajstić information content (AvgIpc) is 2.99. The molecule has 5 heteroatoms. The molecule has 1 heterocycles. The minimum atomic E-state index is -0.616. The van der Waals surface area contributed by atoms with Gasteiger partial charge in [0, 0.05) is 16.6 Å². The lowest BCUT2D eigenvalue weighted by atomic mass is 9.90. The second-order valence-electron chi connectivity index (χ2n) is 7.92. The summed E-state index contributed by atoms with van der Waals surface area (Å²) in [6.45, 7) is 1.98. The second kappa shape index (κ2) is 8.03. The SMILES string of the molecule is Cc1cccc(C2/C(=C(/O)c3ccc(Cl)cc3)C(=O)C(=O)N2C2CCCCC2)c1. The normalized spacial score (nSPS) is 22.3. The number of aryl methyl sites for hydroxylation is 1. The molecule has 150 valence electrons. The Labute approximate surface area is 175 Å². The summed E-state index contributed by atoms with van der Waals surface area (Å²) in [6, 6.07) is 13.9. The van der Waals surface area contributed by atoms with Crippen molar-refractivity contribution in [3.05, 3.63) is 75.8 Å². The maximum absolute atomic E-state index is 13.1. The van der Waals surface area contributed by atoms with E-state index in [2.05, 4.69) is 0 Å². The number of hydrogen-bond acceptors (Lipinski definition) is 3. The molecule has 0 radical (unpaired) electrons. The molecule has 4 rings (SSSR count). The van der Waals surface area contributed by atoms with E-state index in [1.807, 2.05) is 31.2 Å². The Hall–Kier alpha value is -2.59. The molecule has 1 amide bonds. The first kappa shape index (κ1) is 19.7. The number of nitrogens with zero attached hydrogens (tertiary/aromatic N) is 1. The summed E-state index contributed by atoms with van der Waals surface area (Å²) in [6.07, 6.45) is 5.02. The first-order valence-corrected chi connectivity index (χ1v) is 10.5. The van der Waals surface area contributed by atoms with E-state index in [-0.39, 0.29) is 17.4 Å². The van der Waals surface area contributed by atoms with E-state index in [0.717, 1.165) is 43.2 Å². The molecule has 0 bridgehead atoms. The van der Waals surface area contributed by atoms with Crippen LogP contribution in [0, 0.1) is 6.92 Å². The van der Waals surface area contributed by atoms with Gasteiger partial charge in [0.2, 0.25) is 0 Å². The fourth-order valence-corrected chi connectivity index (χ4v) is 4.64. The molecule has 1 saturated heterocycles. The Balaban J connectivity index is 1.87. The maximum atomic E-state index is 13.1. The quantitative estimate of drug-likeness (QED) is 0.419. The van der Waals surface area contributed by atoms with Gasteiger partial charge in [-0.2, -0.15) is 0 Å². The highest BCUT2D eigenvalue weighted by Gasteiger charge is 2.48. The topological polar surface area (TPSA) is 57.6 Å². The van der Waals surface area contributed by atoms with Crippen LogP contribution in [0.3, 0.4) is 0 Å². The van der Waals surface area contributed by atoms with E-state index >= 15 is 0 Å². The zero-order chi connectivity index (χ0) is 20.5. The van der Waals surface area contributed by atoms with Crippen molar-refractivity contribution < 1.29 is 14.7 Å². The van der Waals surface area contributed by atoms with E-state index in [4.69, 9.17) is 11.6 Å². The van der Waals surface area contributed by atoms with Crippen molar-refractivity contribution in [3.8, 4) is 0 Å². The first-order chi connectivity index (χ1) is 14.0. The average molecular weight is 410 g/mol. The fourth-order valence-electron chi connectivity index (χ4n) is 4.52. The van der Waals surface area contributed by atoms with E-state index in [9.17, 15) is 14.7 Å². The predicted octanol–water partition coefficient (Wildman–Crippen LogP) is 5.40. The molecule has 1 N–H and O–H groups in total. The number of halogens is 1. The Kier molecular flexibility index (Phi) is 5.46. The molecule has 1 unspecified atom stereocenters. The Morgan fingerprint density at radius 1 is 1.03 bits per heavy atom. The van der Waals surface area contributed by atoms with E-state index in [1.54, 1.807) is 29.2 Å². The van der Waals surface area contributed by atoms with Gasteiger partial charge in [0.1, 0.15) is 5.76 Å². The number of hydrogen-bond donors (Lipinski definition) is 1. The number of likely N-dealkylation sites (tertiary alicyclic amines) is 1. The first-order valence-electron chi connectivity index (χ1n) is 10.1. The van der Waals surface area contributed by atoms with Crippen LogP contribution < -0.4 is 0 Å². The molecule has 0 aromatic heterocycles. The third-order valence-electron chi connectivity index (χ3n) is 5.92. The number of rotatable bonds is 3. The van der Waals surface area contributed by atoms with Crippen molar-refractivity contribution in [1.29, 1.82) is 0 Å². The molecule has 1 atom stereocenters. The summed E-state index contributed by atoms with van der Waals surface area (Å²) in [7, 11) is 0. The van der Waals surface area contributed by atoms with Crippen molar-refractivity contribution in [1.82, 2.24) is 4.90 Å². The summed E-state index contributed by atoms with van der Waals surface area (Å²) >= 11 is 5.97. The number of ketones is 1. The summed E-state index contributed by atoms with van der Waals surface area (Å²) in [5.41, 5.74) is 2.54. The molecule has 4 nitrogen and oxygen atoms in total. The van der Waals surface area contributed by atoms with Crippen LogP contribution in [0.2, 0.25) is 5.02 Å².